The van der Waals surface area contributed by atoms with Crippen LogP contribution < -0.4 is 0 Å². The number of allylic oxidation sites excluding steroid dienone is 1. The molecule has 1 saturated heterocycles. The van der Waals surface area contributed by atoms with Gasteiger partial charge in [0.2, 0.25) is 0 Å². The lowest BCUT2D eigenvalue weighted by Crippen LogP contribution is -2.16. The van der Waals surface area contributed by atoms with Crippen molar-refractivity contribution in [2.75, 3.05) is 13.2 Å². The minimum absolute atomic E-state index is 0.00329. The molecule has 3 nitrogen and oxygen atoms in total. The number of aryl methyl sites for hydroxylation is 3. The van der Waals surface area contributed by atoms with Gasteiger partial charge in [0, 0.05) is 24.5 Å². The number of Topliss-reactive ketones (excluding diaryl/α,β-unsaturated/α-hetero) is 2. The van der Waals surface area contributed by atoms with Gasteiger partial charge in [0.15, 0.2) is 11.6 Å². The summed E-state index contributed by atoms with van der Waals surface area (Å²) in [5.74, 6) is -0.269. The summed E-state index contributed by atoms with van der Waals surface area (Å²) in [4.78, 5) is 25.5. The average Bonchev–Trinajstić information content (AvgIpc) is 3.09. The van der Waals surface area contributed by atoms with E-state index in [2.05, 4.69) is 26.0 Å². The van der Waals surface area contributed by atoms with Gasteiger partial charge in [-0.2, -0.15) is 0 Å². The Bertz CT molecular complexity index is 678. The van der Waals surface area contributed by atoms with Gasteiger partial charge in [0.05, 0.1) is 6.61 Å². The molecule has 1 aromatic rings. The molecule has 0 aromatic heterocycles. The van der Waals surface area contributed by atoms with Crippen LogP contribution in [0, 0.1) is 19.8 Å². The van der Waals surface area contributed by atoms with E-state index in [9.17, 15) is 9.59 Å². The lowest BCUT2D eigenvalue weighted by molar-refractivity contribution is -0.123. The zero-order valence-corrected chi connectivity index (χ0v) is 14.1. The van der Waals surface area contributed by atoms with E-state index >= 15 is 0 Å². The highest BCUT2D eigenvalue weighted by molar-refractivity contribution is 6.23. The third-order valence-electron chi connectivity index (χ3n) is 4.95. The molecule has 3 rings (SSSR count). The SMILES string of the molecule is CCc1cc(C)cc(C)c1C1C(=O)CC(=CC2CCOC2)C1=O. The van der Waals surface area contributed by atoms with E-state index in [4.69, 9.17) is 4.74 Å². The number of hydrogen-bond acceptors (Lipinski definition) is 3. The van der Waals surface area contributed by atoms with Crippen molar-refractivity contribution in [1.29, 1.82) is 0 Å². The Labute approximate surface area is 137 Å². The summed E-state index contributed by atoms with van der Waals surface area (Å²) >= 11 is 0. The molecule has 0 N–H and O–H groups in total. The van der Waals surface area contributed by atoms with Crippen molar-refractivity contribution in [3.63, 3.8) is 0 Å². The van der Waals surface area contributed by atoms with Crippen molar-refractivity contribution in [2.24, 2.45) is 5.92 Å². The zero-order chi connectivity index (χ0) is 16.6. The van der Waals surface area contributed by atoms with E-state index in [1.54, 1.807) is 0 Å². The second-order valence-electron chi connectivity index (χ2n) is 6.76. The summed E-state index contributed by atoms with van der Waals surface area (Å²) in [6, 6.07) is 4.18. The van der Waals surface area contributed by atoms with Crippen LogP contribution in [0.5, 0.6) is 0 Å². The smallest absolute Gasteiger partial charge is 0.173 e. The Morgan fingerprint density at radius 3 is 2.70 bits per heavy atom. The van der Waals surface area contributed by atoms with Crippen LogP contribution in [0.4, 0.5) is 0 Å². The fourth-order valence-electron chi connectivity index (χ4n) is 3.88. The van der Waals surface area contributed by atoms with E-state index in [-0.39, 0.29) is 23.9 Å². The van der Waals surface area contributed by atoms with Crippen LogP contribution in [-0.4, -0.2) is 24.8 Å². The topological polar surface area (TPSA) is 43.4 Å². The fourth-order valence-corrected chi connectivity index (χ4v) is 3.88. The van der Waals surface area contributed by atoms with Gasteiger partial charge in [-0.3, -0.25) is 9.59 Å². The zero-order valence-electron chi connectivity index (χ0n) is 14.1. The number of benzene rings is 1. The van der Waals surface area contributed by atoms with Crippen LogP contribution in [0.25, 0.3) is 0 Å². The number of carbonyl (C=O) groups excluding carboxylic acids is 2. The number of rotatable bonds is 3. The summed E-state index contributed by atoms with van der Waals surface area (Å²) < 4.78 is 5.37. The number of ketones is 2. The monoisotopic (exact) mass is 312 g/mol. The Morgan fingerprint density at radius 1 is 1.26 bits per heavy atom. The lowest BCUT2D eigenvalue weighted by Gasteiger charge is -2.17. The molecule has 0 amide bonds. The second kappa shape index (κ2) is 6.40. The molecule has 1 saturated carbocycles. The van der Waals surface area contributed by atoms with Crippen LogP contribution in [0.2, 0.25) is 0 Å². The number of ether oxygens (including phenoxy) is 1. The molecule has 0 radical (unpaired) electrons. The molecule has 1 aromatic carbocycles. The maximum Gasteiger partial charge on any atom is 0.173 e. The maximum atomic E-state index is 12.9. The van der Waals surface area contributed by atoms with E-state index in [0.29, 0.717) is 12.2 Å². The average molecular weight is 312 g/mol. The molecular weight excluding hydrogens is 288 g/mol. The predicted octanol–water partition coefficient (Wildman–Crippen LogP) is 3.45. The normalized spacial score (nSPS) is 26.5. The van der Waals surface area contributed by atoms with Crippen molar-refractivity contribution in [1.82, 2.24) is 0 Å². The molecule has 2 atom stereocenters. The maximum absolute atomic E-state index is 12.9. The molecule has 2 unspecified atom stereocenters. The first kappa shape index (κ1) is 16.1. The van der Waals surface area contributed by atoms with Gasteiger partial charge < -0.3 is 4.74 Å². The molecule has 122 valence electrons. The summed E-state index contributed by atoms with van der Waals surface area (Å²) in [5, 5.41) is 0. The molecule has 0 spiro atoms. The van der Waals surface area contributed by atoms with Gasteiger partial charge >= 0.3 is 0 Å². The van der Waals surface area contributed by atoms with Gasteiger partial charge in [-0.1, -0.05) is 30.7 Å². The molecule has 2 fully saturated rings. The fraction of sp³-hybridized carbons (Fsp3) is 0.500. The Hall–Kier alpha value is -1.74. The Morgan fingerprint density at radius 2 is 2.04 bits per heavy atom. The first-order valence-corrected chi connectivity index (χ1v) is 8.46. The van der Waals surface area contributed by atoms with Crippen molar-refractivity contribution in [3.05, 3.63) is 46.0 Å². The standard InChI is InChI=1S/C20H24O3/c1-4-15-8-12(2)7-13(3)18(15)19-17(21)10-16(20(19)22)9-14-5-6-23-11-14/h7-9,14,19H,4-6,10-11H2,1-3H3. The summed E-state index contributed by atoms with van der Waals surface area (Å²) in [6.45, 7) is 7.55. The van der Waals surface area contributed by atoms with E-state index in [1.807, 2.05) is 13.0 Å². The van der Waals surface area contributed by atoms with Gasteiger partial charge in [-0.25, -0.2) is 0 Å². The second-order valence-corrected chi connectivity index (χ2v) is 6.76. The van der Waals surface area contributed by atoms with Crippen molar-refractivity contribution in [2.45, 2.75) is 46.0 Å². The molecule has 0 bridgehead atoms. The van der Waals surface area contributed by atoms with Crippen LogP contribution >= 0.6 is 0 Å². The third kappa shape index (κ3) is 3.02. The minimum Gasteiger partial charge on any atom is -0.381 e. The highest BCUT2D eigenvalue weighted by Gasteiger charge is 2.40. The van der Waals surface area contributed by atoms with Crippen LogP contribution in [-0.2, 0) is 20.7 Å². The molecule has 1 heterocycles. The third-order valence-corrected chi connectivity index (χ3v) is 4.95. The molecule has 2 aliphatic rings. The Balaban J connectivity index is 1.98. The molecule has 3 heteroatoms. The molecule has 23 heavy (non-hydrogen) atoms. The lowest BCUT2D eigenvalue weighted by atomic mass is 9.85. The molecule has 1 aliphatic heterocycles. The van der Waals surface area contributed by atoms with Crippen LogP contribution in [0.1, 0.15) is 47.9 Å². The Kier molecular flexibility index (Phi) is 4.49. The first-order chi connectivity index (χ1) is 11.0. The van der Waals surface area contributed by atoms with E-state index < -0.39 is 5.92 Å². The van der Waals surface area contributed by atoms with E-state index in [0.717, 1.165) is 36.1 Å². The minimum atomic E-state index is -0.598. The summed E-state index contributed by atoms with van der Waals surface area (Å²) in [5.41, 5.74) is 5.00. The van der Waals surface area contributed by atoms with Crippen molar-refractivity contribution >= 4 is 11.6 Å². The van der Waals surface area contributed by atoms with E-state index in [1.165, 1.54) is 5.56 Å². The highest BCUT2D eigenvalue weighted by Crippen LogP contribution is 2.37. The summed E-state index contributed by atoms with van der Waals surface area (Å²) in [7, 11) is 0. The number of hydrogen-bond donors (Lipinski definition) is 0. The van der Waals surface area contributed by atoms with Crippen molar-refractivity contribution < 1.29 is 14.3 Å². The van der Waals surface area contributed by atoms with Crippen LogP contribution in [0.3, 0.4) is 0 Å². The van der Waals surface area contributed by atoms with Gasteiger partial charge in [-0.05, 0) is 43.4 Å². The first-order valence-electron chi connectivity index (χ1n) is 8.46. The number of carbonyl (C=O) groups is 2. The highest BCUT2D eigenvalue weighted by atomic mass is 16.5. The van der Waals surface area contributed by atoms with Gasteiger partial charge in [0.1, 0.15) is 5.92 Å². The molecular formula is C20H24O3. The summed E-state index contributed by atoms with van der Waals surface area (Å²) in [6.07, 6.45) is 4.04. The van der Waals surface area contributed by atoms with Crippen molar-refractivity contribution in [3.8, 4) is 0 Å². The quantitative estimate of drug-likeness (QED) is 0.634. The van der Waals surface area contributed by atoms with Gasteiger partial charge in [-0.15, -0.1) is 0 Å². The molecule has 1 aliphatic carbocycles. The van der Waals surface area contributed by atoms with Crippen LogP contribution in [0.15, 0.2) is 23.8 Å². The van der Waals surface area contributed by atoms with Gasteiger partial charge in [0.25, 0.3) is 0 Å². The largest absolute Gasteiger partial charge is 0.381 e. The predicted molar refractivity (Wildman–Crippen MR) is 89.7 cm³/mol.